The lowest BCUT2D eigenvalue weighted by molar-refractivity contribution is 0.0964. The van der Waals surface area contributed by atoms with Crippen LogP contribution in [-0.2, 0) is 0 Å². The number of aliphatic hydroxyl groups excluding tert-OH is 1. The van der Waals surface area contributed by atoms with Crippen LogP contribution in [0.1, 0.15) is 18.5 Å². The maximum absolute atomic E-state index is 9.69. The Morgan fingerprint density at radius 1 is 1.44 bits per heavy atom. The molecule has 1 aliphatic heterocycles. The van der Waals surface area contributed by atoms with E-state index in [9.17, 15) is 5.11 Å². The van der Waals surface area contributed by atoms with E-state index in [1.165, 1.54) is 0 Å². The lowest BCUT2D eigenvalue weighted by Crippen LogP contribution is -2.51. The zero-order valence-electron chi connectivity index (χ0n) is 10.4. The Balaban J connectivity index is 2.27. The fraction of sp³-hybridized carbons (Fsp3) is 0.538. The molecule has 1 aromatic rings. The highest BCUT2D eigenvalue weighted by Crippen LogP contribution is 2.33. The Labute approximate surface area is 118 Å². The molecule has 1 aromatic carbocycles. The quantitative estimate of drug-likeness (QED) is 0.896. The van der Waals surface area contributed by atoms with Gasteiger partial charge in [0.25, 0.3) is 0 Å². The molecule has 2 N–H and O–H groups in total. The number of aliphatic hydroxyl groups is 1. The first kappa shape index (κ1) is 14.1. The molecule has 5 heteroatoms. The molecule has 1 saturated heterocycles. The molecule has 1 aliphatic rings. The van der Waals surface area contributed by atoms with Crippen molar-refractivity contribution in [2.45, 2.75) is 19.0 Å². The van der Waals surface area contributed by atoms with Crippen molar-refractivity contribution in [2.24, 2.45) is 0 Å². The number of hydrogen-bond donors (Lipinski definition) is 2. The summed E-state index contributed by atoms with van der Waals surface area (Å²) in [5.74, 6) is 0. The summed E-state index contributed by atoms with van der Waals surface area (Å²) in [6, 6.07) is 5.74. The summed E-state index contributed by atoms with van der Waals surface area (Å²) in [6.45, 7) is 4.84. The van der Waals surface area contributed by atoms with Gasteiger partial charge in [0, 0.05) is 41.3 Å². The summed E-state index contributed by atoms with van der Waals surface area (Å²) in [5, 5.41) is 14.3. The molecule has 0 radical (unpaired) electrons. The third-order valence-corrected chi connectivity index (χ3v) is 4.01. The molecule has 0 spiro atoms. The van der Waals surface area contributed by atoms with Crippen molar-refractivity contribution in [3.05, 3.63) is 33.8 Å². The average Bonchev–Trinajstić information content (AvgIpc) is 2.34. The number of nitrogens with zero attached hydrogens (tertiary/aromatic N) is 1. The minimum atomic E-state index is -0.129. The van der Waals surface area contributed by atoms with Crippen molar-refractivity contribution in [3.8, 4) is 0 Å². The monoisotopic (exact) mass is 288 g/mol. The summed E-state index contributed by atoms with van der Waals surface area (Å²) in [6.07, 6.45) is 0. The van der Waals surface area contributed by atoms with Gasteiger partial charge < -0.3 is 10.4 Å². The molecule has 2 atom stereocenters. The molecule has 0 aliphatic carbocycles. The summed E-state index contributed by atoms with van der Waals surface area (Å²) < 4.78 is 0. The van der Waals surface area contributed by atoms with Crippen LogP contribution in [0.15, 0.2) is 18.2 Å². The highest BCUT2D eigenvalue weighted by atomic mass is 35.5. The Morgan fingerprint density at radius 3 is 2.67 bits per heavy atom. The van der Waals surface area contributed by atoms with Gasteiger partial charge in [0.05, 0.1) is 12.6 Å². The number of piperazine rings is 1. The Bertz CT molecular complexity index is 394. The Hall–Kier alpha value is -0.320. The van der Waals surface area contributed by atoms with E-state index in [2.05, 4.69) is 17.1 Å². The first-order valence-electron chi connectivity index (χ1n) is 6.15. The van der Waals surface area contributed by atoms with Crippen molar-refractivity contribution in [2.75, 3.05) is 26.2 Å². The minimum absolute atomic E-state index is 0.0240. The van der Waals surface area contributed by atoms with Crippen LogP contribution < -0.4 is 5.32 Å². The van der Waals surface area contributed by atoms with E-state index in [1.807, 2.05) is 18.2 Å². The molecule has 2 unspecified atom stereocenters. The molecule has 2 rings (SSSR count). The van der Waals surface area contributed by atoms with E-state index < -0.39 is 0 Å². The lowest BCUT2D eigenvalue weighted by atomic mass is 10.0. The predicted molar refractivity (Wildman–Crippen MR) is 75.3 cm³/mol. The summed E-state index contributed by atoms with van der Waals surface area (Å²) in [4.78, 5) is 2.23. The zero-order chi connectivity index (χ0) is 13.1. The van der Waals surface area contributed by atoms with Crippen LogP contribution in [-0.4, -0.2) is 42.3 Å². The van der Waals surface area contributed by atoms with Crippen LogP contribution in [0.3, 0.4) is 0 Å². The molecular weight excluding hydrogens is 271 g/mol. The van der Waals surface area contributed by atoms with E-state index in [-0.39, 0.29) is 12.6 Å². The Morgan fingerprint density at radius 2 is 2.11 bits per heavy atom. The van der Waals surface area contributed by atoms with Gasteiger partial charge in [-0.05, 0) is 19.1 Å². The molecule has 1 fully saturated rings. The molecule has 0 bridgehead atoms. The second-order valence-corrected chi connectivity index (χ2v) is 5.50. The van der Waals surface area contributed by atoms with Crippen LogP contribution in [0.5, 0.6) is 0 Å². The smallest absolute Gasteiger partial charge is 0.0629 e. The van der Waals surface area contributed by atoms with Crippen LogP contribution >= 0.6 is 23.2 Å². The molecular formula is C13H18Cl2N2O. The van der Waals surface area contributed by atoms with E-state index in [0.29, 0.717) is 16.1 Å². The highest BCUT2D eigenvalue weighted by molar-refractivity contribution is 6.36. The maximum Gasteiger partial charge on any atom is 0.0629 e. The average molecular weight is 289 g/mol. The number of hydrogen-bond acceptors (Lipinski definition) is 3. The normalized spacial score (nSPS) is 23.0. The number of rotatable bonds is 3. The molecule has 100 valence electrons. The zero-order valence-corrected chi connectivity index (χ0v) is 11.9. The van der Waals surface area contributed by atoms with E-state index in [1.54, 1.807) is 0 Å². The third kappa shape index (κ3) is 2.98. The van der Waals surface area contributed by atoms with Gasteiger partial charge in [0.2, 0.25) is 0 Å². The molecule has 0 aromatic heterocycles. The maximum atomic E-state index is 9.69. The first-order valence-corrected chi connectivity index (χ1v) is 6.91. The van der Waals surface area contributed by atoms with Crippen LogP contribution in [0.4, 0.5) is 0 Å². The van der Waals surface area contributed by atoms with Crippen molar-refractivity contribution in [1.29, 1.82) is 0 Å². The van der Waals surface area contributed by atoms with Gasteiger partial charge in [0.1, 0.15) is 0 Å². The van der Waals surface area contributed by atoms with Gasteiger partial charge in [-0.1, -0.05) is 29.3 Å². The lowest BCUT2D eigenvalue weighted by Gasteiger charge is -2.37. The molecule has 1 heterocycles. The van der Waals surface area contributed by atoms with Gasteiger partial charge >= 0.3 is 0 Å². The van der Waals surface area contributed by atoms with Gasteiger partial charge in [-0.2, -0.15) is 0 Å². The number of halogens is 2. The fourth-order valence-electron chi connectivity index (χ4n) is 2.46. The first-order chi connectivity index (χ1) is 8.63. The van der Waals surface area contributed by atoms with Crippen molar-refractivity contribution in [1.82, 2.24) is 10.2 Å². The third-order valence-electron chi connectivity index (χ3n) is 3.35. The van der Waals surface area contributed by atoms with Gasteiger partial charge in [0.15, 0.2) is 0 Å². The van der Waals surface area contributed by atoms with Gasteiger partial charge in [-0.25, -0.2) is 0 Å². The van der Waals surface area contributed by atoms with Gasteiger partial charge in [-0.3, -0.25) is 4.90 Å². The number of nitrogens with one attached hydrogen (secondary N) is 1. The van der Waals surface area contributed by atoms with E-state index >= 15 is 0 Å². The topological polar surface area (TPSA) is 35.5 Å². The second-order valence-electron chi connectivity index (χ2n) is 4.68. The SMILES string of the molecule is CC1CN(C(CO)c2c(Cl)cccc2Cl)CCN1. The summed E-state index contributed by atoms with van der Waals surface area (Å²) in [5.41, 5.74) is 0.831. The molecule has 0 saturated carbocycles. The van der Waals surface area contributed by atoms with Crippen molar-refractivity contribution < 1.29 is 5.11 Å². The molecule has 0 amide bonds. The summed E-state index contributed by atoms with van der Waals surface area (Å²) in [7, 11) is 0. The Kier molecular flexibility index (Phi) is 4.87. The fourth-order valence-corrected chi connectivity index (χ4v) is 3.11. The predicted octanol–water partition coefficient (Wildman–Crippen LogP) is 2.32. The van der Waals surface area contributed by atoms with Crippen LogP contribution in [0, 0.1) is 0 Å². The number of benzene rings is 1. The van der Waals surface area contributed by atoms with Crippen LogP contribution in [0.2, 0.25) is 10.0 Å². The van der Waals surface area contributed by atoms with Gasteiger partial charge in [-0.15, -0.1) is 0 Å². The van der Waals surface area contributed by atoms with E-state index in [4.69, 9.17) is 23.2 Å². The van der Waals surface area contributed by atoms with Crippen LogP contribution in [0.25, 0.3) is 0 Å². The van der Waals surface area contributed by atoms with E-state index in [0.717, 1.165) is 25.2 Å². The highest BCUT2D eigenvalue weighted by Gasteiger charge is 2.27. The van der Waals surface area contributed by atoms with Crippen molar-refractivity contribution in [3.63, 3.8) is 0 Å². The largest absolute Gasteiger partial charge is 0.394 e. The second kappa shape index (κ2) is 6.22. The molecule has 3 nitrogen and oxygen atoms in total. The summed E-state index contributed by atoms with van der Waals surface area (Å²) >= 11 is 12.4. The van der Waals surface area contributed by atoms with Crippen molar-refractivity contribution >= 4 is 23.2 Å². The standard InChI is InChI=1S/C13H18Cl2N2O/c1-9-7-17(6-5-16-9)12(8-18)13-10(14)3-2-4-11(13)15/h2-4,9,12,16,18H,5-8H2,1H3. The molecule has 18 heavy (non-hydrogen) atoms. The minimum Gasteiger partial charge on any atom is -0.394 e.